The van der Waals surface area contributed by atoms with Crippen molar-refractivity contribution in [1.82, 2.24) is 10.2 Å². The van der Waals surface area contributed by atoms with Gasteiger partial charge in [-0.3, -0.25) is 4.79 Å². The van der Waals surface area contributed by atoms with Crippen LogP contribution in [0.25, 0.3) is 0 Å². The first-order valence-electron chi connectivity index (χ1n) is 5.72. The summed E-state index contributed by atoms with van der Waals surface area (Å²) < 4.78 is 5.34. The molecule has 0 aromatic rings. The summed E-state index contributed by atoms with van der Waals surface area (Å²) in [5.41, 5.74) is 0. The van der Waals surface area contributed by atoms with Gasteiger partial charge in [0, 0.05) is 19.6 Å². The van der Waals surface area contributed by atoms with Gasteiger partial charge in [0.1, 0.15) is 0 Å². The third-order valence-corrected chi connectivity index (χ3v) is 3.37. The molecule has 1 N–H and O–H groups in total. The molecule has 1 aliphatic carbocycles. The van der Waals surface area contributed by atoms with Crippen LogP contribution in [0.5, 0.6) is 0 Å². The second-order valence-electron chi connectivity index (χ2n) is 4.70. The van der Waals surface area contributed by atoms with Crippen LogP contribution < -0.4 is 5.32 Å². The van der Waals surface area contributed by atoms with Gasteiger partial charge in [0.25, 0.3) is 0 Å². The van der Waals surface area contributed by atoms with Crippen molar-refractivity contribution in [3.8, 4) is 0 Å². The molecule has 0 spiro atoms. The number of nitrogens with one attached hydrogen (secondary N) is 1. The van der Waals surface area contributed by atoms with Crippen LogP contribution in [-0.4, -0.2) is 50.7 Å². The van der Waals surface area contributed by atoms with E-state index < -0.39 is 0 Å². The van der Waals surface area contributed by atoms with Gasteiger partial charge in [-0.25, -0.2) is 0 Å². The minimum Gasteiger partial charge on any atom is -0.379 e. The fourth-order valence-electron chi connectivity index (χ4n) is 2.14. The number of ether oxygens (including phenoxy) is 1. The van der Waals surface area contributed by atoms with Crippen LogP contribution in [0.3, 0.4) is 0 Å². The van der Waals surface area contributed by atoms with Crippen molar-refractivity contribution < 1.29 is 9.53 Å². The summed E-state index contributed by atoms with van der Waals surface area (Å²) in [6, 6.07) is 0.194. The molecule has 1 amide bonds. The minimum absolute atomic E-state index is 0.0127. The van der Waals surface area contributed by atoms with E-state index in [0.29, 0.717) is 13.2 Å². The summed E-state index contributed by atoms with van der Waals surface area (Å²) in [7, 11) is 3.80. The van der Waals surface area contributed by atoms with Crippen LogP contribution in [0.2, 0.25) is 0 Å². The van der Waals surface area contributed by atoms with Gasteiger partial charge < -0.3 is 15.0 Å². The summed E-state index contributed by atoms with van der Waals surface area (Å²) in [6.07, 6.45) is 2.57. The van der Waals surface area contributed by atoms with Gasteiger partial charge in [-0.15, -0.1) is 0 Å². The fraction of sp³-hybridized carbons (Fsp3) is 0.909. The topological polar surface area (TPSA) is 41.6 Å². The molecule has 2 unspecified atom stereocenters. The summed E-state index contributed by atoms with van der Waals surface area (Å²) in [6.45, 7) is 2.15. The molecule has 2 atom stereocenters. The van der Waals surface area contributed by atoms with Crippen LogP contribution in [0.4, 0.5) is 0 Å². The van der Waals surface area contributed by atoms with E-state index >= 15 is 0 Å². The Kier molecular flexibility index (Phi) is 3.26. The average molecular weight is 212 g/mol. The van der Waals surface area contributed by atoms with Gasteiger partial charge in [0.05, 0.1) is 19.1 Å². The molecular formula is C11H20N2O2. The molecule has 2 rings (SSSR count). The number of likely N-dealkylation sites (N-methyl/N-ethyl adjacent to an activating group) is 1. The molecule has 0 bridgehead atoms. The van der Waals surface area contributed by atoms with E-state index in [1.165, 1.54) is 12.8 Å². The van der Waals surface area contributed by atoms with Gasteiger partial charge in [0.2, 0.25) is 5.91 Å². The molecule has 4 heteroatoms. The SMILES string of the molecule is CNC1COCC1C(=O)N(C)CC1CC1. The Labute approximate surface area is 91.0 Å². The van der Waals surface area contributed by atoms with Gasteiger partial charge in [-0.2, -0.15) is 0 Å². The summed E-state index contributed by atoms with van der Waals surface area (Å²) >= 11 is 0. The summed E-state index contributed by atoms with van der Waals surface area (Å²) in [5, 5.41) is 3.15. The minimum atomic E-state index is 0.0127. The largest absolute Gasteiger partial charge is 0.379 e. The van der Waals surface area contributed by atoms with Gasteiger partial charge in [-0.1, -0.05) is 0 Å². The number of rotatable bonds is 4. The predicted octanol–water partition coefficient (Wildman–Crippen LogP) is 0.0892. The van der Waals surface area contributed by atoms with Crippen molar-refractivity contribution in [2.45, 2.75) is 18.9 Å². The molecule has 15 heavy (non-hydrogen) atoms. The maximum absolute atomic E-state index is 12.1. The van der Waals surface area contributed by atoms with E-state index in [1.807, 2.05) is 19.0 Å². The summed E-state index contributed by atoms with van der Waals surface area (Å²) in [4.78, 5) is 14.0. The molecule has 86 valence electrons. The number of carbonyl (C=O) groups excluding carboxylic acids is 1. The molecular weight excluding hydrogens is 192 g/mol. The Morgan fingerprint density at radius 2 is 2.20 bits per heavy atom. The molecule has 1 aliphatic heterocycles. The molecule has 1 heterocycles. The highest BCUT2D eigenvalue weighted by Crippen LogP contribution is 2.30. The average Bonchev–Trinajstić information content (AvgIpc) is 2.92. The number of carbonyl (C=O) groups is 1. The van der Waals surface area contributed by atoms with Gasteiger partial charge in [0.15, 0.2) is 0 Å². The van der Waals surface area contributed by atoms with E-state index in [-0.39, 0.29) is 17.9 Å². The van der Waals surface area contributed by atoms with E-state index in [2.05, 4.69) is 5.32 Å². The second-order valence-corrected chi connectivity index (χ2v) is 4.70. The van der Waals surface area contributed by atoms with Crippen molar-refractivity contribution in [2.24, 2.45) is 11.8 Å². The zero-order valence-corrected chi connectivity index (χ0v) is 9.53. The summed E-state index contributed by atoms with van der Waals surface area (Å²) in [5.74, 6) is 1.01. The van der Waals surface area contributed by atoms with E-state index in [9.17, 15) is 4.79 Å². The van der Waals surface area contributed by atoms with Crippen molar-refractivity contribution in [1.29, 1.82) is 0 Å². The van der Waals surface area contributed by atoms with Crippen molar-refractivity contribution in [3.63, 3.8) is 0 Å². The lowest BCUT2D eigenvalue weighted by Gasteiger charge is -2.23. The monoisotopic (exact) mass is 212 g/mol. The Morgan fingerprint density at radius 3 is 2.80 bits per heavy atom. The quantitative estimate of drug-likeness (QED) is 0.718. The Morgan fingerprint density at radius 1 is 1.47 bits per heavy atom. The molecule has 0 aromatic heterocycles. The molecule has 2 aliphatic rings. The van der Waals surface area contributed by atoms with Crippen molar-refractivity contribution in [3.05, 3.63) is 0 Å². The third-order valence-electron chi connectivity index (χ3n) is 3.37. The number of hydrogen-bond donors (Lipinski definition) is 1. The van der Waals surface area contributed by atoms with Crippen LogP contribution >= 0.6 is 0 Å². The molecule has 1 saturated carbocycles. The first-order valence-corrected chi connectivity index (χ1v) is 5.72. The lowest BCUT2D eigenvalue weighted by atomic mass is 10.0. The predicted molar refractivity (Wildman–Crippen MR) is 57.5 cm³/mol. The van der Waals surface area contributed by atoms with E-state index in [4.69, 9.17) is 4.74 Å². The normalized spacial score (nSPS) is 30.5. The number of nitrogens with zero attached hydrogens (tertiary/aromatic N) is 1. The first-order chi connectivity index (χ1) is 7.22. The highest BCUT2D eigenvalue weighted by molar-refractivity contribution is 5.79. The highest BCUT2D eigenvalue weighted by atomic mass is 16.5. The van der Waals surface area contributed by atoms with Crippen LogP contribution in [-0.2, 0) is 9.53 Å². The lowest BCUT2D eigenvalue weighted by Crippen LogP contribution is -2.43. The van der Waals surface area contributed by atoms with Gasteiger partial charge in [-0.05, 0) is 25.8 Å². The van der Waals surface area contributed by atoms with Gasteiger partial charge >= 0.3 is 0 Å². The molecule has 2 fully saturated rings. The Balaban J connectivity index is 1.87. The number of amides is 1. The van der Waals surface area contributed by atoms with Crippen LogP contribution in [0.1, 0.15) is 12.8 Å². The fourth-order valence-corrected chi connectivity index (χ4v) is 2.14. The first kappa shape index (κ1) is 10.9. The lowest BCUT2D eigenvalue weighted by molar-refractivity contribution is -0.134. The zero-order valence-electron chi connectivity index (χ0n) is 9.53. The molecule has 0 aromatic carbocycles. The van der Waals surface area contributed by atoms with Crippen LogP contribution in [0, 0.1) is 11.8 Å². The maximum Gasteiger partial charge on any atom is 0.229 e. The van der Waals surface area contributed by atoms with Crippen molar-refractivity contribution in [2.75, 3.05) is 33.9 Å². The third kappa shape index (κ3) is 2.49. The Bertz CT molecular complexity index is 241. The molecule has 0 radical (unpaired) electrons. The maximum atomic E-state index is 12.1. The van der Waals surface area contributed by atoms with E-state index in [1.54, 1.807) is 0 Å². The standard InChI is InChI=1S/C11H20N2O2/c1-12-10-7-15-6-9(10)11(14)13(2)5-8-3-4-8/h8-10,12H,3-7H2,1-2H3. The molecule has 4 nitrogen and oxygen atoms in total. The van der Waals surface area contributed by atoms with E-state index in [0.717, 1.165) is 12.5 Å². The Hall–Kier alpha value is -0.610. The highest BCUT2D eigenvalue weighted by Gasteiger charge is 2.36. The zero-order chi connectivity index (χ0) is 10.8. The van der Waals surface area contributed by atoms with Crippen molar-refractivity contribution >= 4 is 5.91 Å². The molecule has 1 saturated heterocycles. The number of hydrogen-bond acceptors (Lipinski definition) is 3. The smallest absolute Gasteiger partial charge is 0.229 e. The van der Waals surface area contributed by atoms with Crippen LogP contribution in [0.15, 0.2) is 0 Å². The second kappa shape index (κ2) is 4.49.